The number of alkyl halides is 3. The van der Waals surface area contributed by atoms with Gasteiger partial charge in [-0.05, 0) is 54.8 Å². The molecule has 1 amide bonds. The van der Waals surface area contributed by atoms with Crippen molar-refractivity contribution in [3.8, 4) is 0 Å². The molecule has 1 saturated heterocycles. The van der Waals surface area contributed by atoms with Crippen molar-refractivity contribution < 1.29 is 18.0 Å². The fraction of sp³-hybridized carbons (Fsp3) is 0.320. The lowest BCUT2D eigenvalue weighted by molar-refractivity contribution is -0.137. The summed E-state index contributed by atoms with van der Waals surface area (Å²) in [5.74, 6) is 0.354. The number of rotatable bonds is 5. The molecule has 32 heavy (non-hydrogen) atoms. The van der Waals surface area contributed by atoms with E-state index in [2.05, 4.69) is 4.98 Å². The molecule has 0 saturated carbocycles. The summed E-state index contributed by atoms with van der Waals surface area (Å²) >= 11 is 0. The van der Waals surface area contributed by atoms with Gasteiger partial charge in [0.25, 0.3) is 0 Å². The van der Waals surface area contributed by atoms with E-state index >= 15 is 0 Å². The summed E-state index contributed by atoms with van der Waals surface area (Å²) in [4.78, 5) is 23.4. The van der Waals surface area contributed by atoms with Crippen LogP contribution < -0.4 is 0 Å². The van der Waals surface area contributed by atoms with Crippen LogP contribution in [-0.4, -0.2) is 33.9 Å². The number of pyridine rings is 2. The van der Waals surface area contributed by atoms with Crippen LogP contribution in [0.5, 0.6) is 0 Å². The van der Waals surface area contributed by atoms with E-state index in [0.717, 1.165) is 47.6 Å². The third-order valence-corrected chi connectivity index (χ3v) is 5.82. The molecule has 1 aromatic carbocycles. The Hall–Kier alpha value is -3.22. The molecule has 0 unspecified atom stereocenters. The average molecular weight is 439 g/mol. The molecule has 4 rings (SSSR count). The van der Waals surface area contributed by atoms with Gasteiger partial charge >= 0.3 is 6.18 Å². The molecule has 1 aliphatic heterocycles. The molecule has 0 radical (unpaired) electrons. The quantitative estimate of drug-likeness (QED) is 0.560. The first-order valence-corrected chi connectivity index (χ1v) is 10.7. The number of aromatic nitrogens is 2. The highest BCUT2D eigenvalue weighted by atomic mass is 19.4. The van der Waals surface area contributed by atoms with Crippen LogP contribution in [0.1, 0.15) is 47.0 Å². The number of hydrogen-bond donors (Lipinski definition) is 0. The van der Waals surface area contributed by atoms with Gasteiger partial charge in [-0.2, -0.15) is 13.2 Å². The number of carbonyl (C=O) groups is 1. The molecule has 3 aromatic rings. The smallest absolute Gasteiger partial charge is 0.342 e. The molecular weight excluding hydrogens is 415 g/mol. The number of hydrogen-bond acceptors (Lipinski definition) is 3. The van der Waals surface area contributed by atoms with E-state index in [0.29, 0.717) is 25.9 Å². The van der Waals surface area contributed by atoms with Crippen LogP contribution >= 0.6 is 0 Å². The Bertz CT molecular complexity index is 1040. The monoisotopic (exact) mass is 439 g/mol. The lowest BCUT2D eigenvalue weighted by Gasteiger charge is -2.32. The first-order chi connectivity index (χ1) is 15.4. The van der Waals surface area contributed by atoms with Gasteiger partial charge in [-0.1, -0.05) is 24.3 Å². The van der Waals surface area contributed by atoms with Gasteiger partial charge in [0.1, 0.15) is 0 Å². The Balaban J connectivity index is 1.34. The number of likely N-dealkylation sites (tertiary alicyclic amines) is 1. The highest BCUT2D eigenvalue weighted by molar-refractivity contribution is 5.78. The van der Waals surface area contributed by atoms with Crippen molar-refractivity contribution >= 4 is 5.91 Å². The van der Waals surface area contributed by atoms with Crippen LogP contribution in [0.25, 0.3) is 0 Å². The molecule has 2 aromatic heterocycles. The zero-order valence-electron chi connectivity index (χ0n) is 17.6. The van der Waals surface area contributed by atoms with E-state index in [-0.39, 0.29) is 11.8 Å². The van der Waals surface area contributed by atoms with Crippen LogP contribution in [0, 0.1) is 0 Å². The minimum Gasteiger partial charge on any atom is -0.342 e. The summed E-state index contributed by atoms with van der Waals surface area (Å²) in [6, 6.07) is 16.6. The van der Waals surface area contributed by atoms with Crippen molar-refractivity contribution in [1.82, 2.24) is 14.9 Å². The standard InChI is InChI=1S/C25H24F3N3O/c26-25(27,28)20-9-7-18(8-10-20)16-22-5-3-6-23(30-22)19-11-14-31(15-12-19)24(32)17-21-4-1-2-13-29-21/h1-10,13,19H,11-12,14-17H2. The lowest BCUT2D eigenvalue weighted by atomic mass is 9.92. The Morgan fingerprint density at radius 3 is 2.31 bits per heavy atom. The van der Waals surface area contributed by atoms with Gasteiger partial charge in [0.2, 0.25) is 5.91 Å². The number of piperidine rings is 1. The average Bonchev–Trinajstić information content (AvgIpc) is 2.80. The molecule has 166 valence electrons. The van der Waals surface area contributed by atoms with Crippen molar-refractivity contribution in [2.24, 2.45) is 0 Å². The highest BCUT2D eigenvalue weighted by Gasteiger charge is 2.30. The minimum absolute atomic E-state index is 0.0890. The Labute approximate surface area is 185 Å². The SMILES string of the molecule is O=C(Cc1ccccn1)N1CCC(c2cccc(Cc3ccc(C(F)(F)F)cc3)n2)CC1. The molecule has 0 spiro atoms. The van der Waals surface area contributed by atoms with E-state index in [1.165, 1.54) is 12.1 Å². The number of amides is 1. The number of nitrogens with zero attached hydrogens (tertiary/aromatic N) is 3. The van der Waals surface area contributed by atoms with Gasteiger partial charge in [-0.15, -0.1) is 0 Å². The number of carbonyl (C=O) groups excluding carboxylic acids is 1. The zero-order chi connectivity index (χ0) is 22.6. The predicted octanol–water partition coefficient (Wildman–Crippen LogP) is 5.03. The summed E-state index contributed by atoms with van der Waals surface area (Å²) in [5.41, 5.74) is 2.73. The van der Waals surface area contributed by atoms with Crippen molar-refractivity contribution in [2.75, 3.05) is 13.1 Å². The Morgan fingerprint density at radius 2 is 1.66 bits per heavy atom. The number of halogens is 3. The van der Waals surface area contributed by atoms with Gasteiger partial charge in [0, 0.05) is 48.7 Å². The molecule has 0 N–H and O–H groups in total. The van der Waals surface area contributed by atoms with Crippen LogP contribution in [0.2, 0.25) is 0 Å². The summed E-state index contributed by atoms with van der Waals surface area (Å²) in [7, 11) is 0. The Kier molecular flexibility index (Phi) is 6.53. The minimum atomic E-state index is -4.33. The first-order valence-electron chi connectivity index (χ1n) is 10.7. The number of benzene rings is 1. The van der Waals surface area contributed by atoms with Crippen molar-refractivity contribution in [2.45, 2.75) is 37.8 Å². The van der Waals surface area contributed by atoms with Gasteiger partial charge in [-0.25, -0.2) is 0 Å². The van der Waals surface area contributed by atoms with E-state index in [1.807, 2.05) is 41.3 Å². The zero-order valence-corrected chi connectivity index (χ0v) is 17.6. The van der Waals surface area contributed by atoms with Crippen molar-refractivity contribution in [3.63, 3.8) is 0 Å². The molecule has 7 heteroatoms. The van der Waals surface area contributed by atoms with Gasteiger partial charge in [0.15, 0.2) is 0 Å². The second kappa shape index (κ2) is 9.51. The maximum atomic E-state index is 12.8. The second-order valence-corrected chi connectivity index (χ2v) is 8.08. The van der Waals surface area contributed by atoms with E-state index < -0.39 is 11.7 Å². The summed E-state index contributed by atoms with van der Waals surface area (Å²) in [6.07, 6.45) is -0.169. The summed E-state index contributed by atoms with van der Waals surface area (Å²) in [6.45, 7) is 1.36. The fourth-order valence-electron chi connectivity index (χ4n) is 4.04. The third kappa shape index (κ3) is 5.52. The van der Waals surface area contributed by atoms with E-state index in [9.17, 15) is 18.0 Å². The molecule has 4 nitrogen and oxygen atoms in total. The lowest BCUT2D eigenvalue weighted by Crippen LogP contribution is -2.39. The Morgan fingerprint density at radius 1 is 0.938 bits per heavy atom. The predicted molar refractivity (Wildman–Crippen MR) is 115 cm³/mol. The highest BCUT2D eigenvalue weighted by Crippen LogP contribution is 2.30. The molecule has 0 bridgehead atoms. The first kappa shape index (κ1) is 22.0. The largest absolute Gasteiger partial charge is 0.416 e. The second-order valence-electron chi connectivity index (χ2n) is 8.08. The normalized spacial score (nSPS) is 15.0. The topological polar surface area (TPSA) is 46.1 Å². The van der Waals surface area contributed by atoms with E-state index in [4.69, 9.17) is 4.98 Å². The van der Waals surface area contributed by atoms with Crippen molar-refractivity contribution in [1.29, 1.82) is 0 Å². The molecule has 1 aliphatic rings. The molecule has 3 heterocycles. The van der Waals surface area contributed by atoms with E-state index in [1.54, 1.807) is 6.20 Å². The maximum Gasteiger partial charge on any atom is 0.416 e. The summed E-state index contributed by atoms with van der Waals surface area (Å²) < 4.78 is 38.3. The summed E-state index contributed by atoms with van der Waals surface area (Å²) in [5, 5.41) is 0. The van der Waals surface area contributed by atoms with Crippen LogP contribution in [0.3, 0.4) is 0 Å². The molecule has 0 aliphatic carbocycles. The third-order valence-electron chi connectivity index (χ3n) is 5.82. The van der Waals surface area contributed by atoms with Gasteiger partial charge in [-0.3, -0.25) is 14.8 Å². The van der Waals surface area contributed by atoms with Crippen LogP contribution in [-0.2, 0) is 23.8 Å². The molecule has 1 fully saturated rings. The van der Waals surface area contributed by atoms with Crippen LogP contribution in [0.4, 0.5) is 13.2 Å². The molecule has 0 atom stereocenters. The maximum absolute atomic E-state index is 12.8. The van der Waals surface area contributed by atoms with Gasteiger partial charge in [0.05, 0.1) is 12.0 Å². The van der Waals surface area contributed by atoms with Crippen molar-refractivity contribution in [3.05, 3.63) is 95.1 Å². The fourth-order valence-corrected chi connectivity index (χ4v) is 4.04. The molecular formula is C25H24F3N3O. The van der Waals surface area contributed by atoms with Gasteiger partial charge < -0.3 is 4.90 Å². The van der Waals surface area contributed by atoms with Crippen LogP contribution in [0.15, 0.2) is 66.9 Å².